The highest BCUT2D eigenvalue weighted by atomic mass is 32.2. The van der Waals surface area contributed by atoms with Crippen LogP contribution in [-0.2, 0) is 35.4 Å². The molecule has 9 nitrogen and oxygen atoms in total. The second kappa shape index (κ2) is 14.1. The summed E-state index contributed by atoms with van der Waals surface area (Å²) in [6.45, 7) is 6.89. The maximum absolute atomic E-state index is 13.6. The average molecular weight is 590 g/mol. The monoisotopic (exact) mass is 589 g/mol. The van der Waals surface area contributed by atoms with Gasteiger partial charge in [-0.05, 0) is 55.5 Å². The lowest BCUT2D eigenvalue weighted by molar-refractivity contribution is -0.195. The highest BCUT2D eigenvalue weighted by molar-refractivity contribution is 7.89. The molecule has 41 heavy (non-hydrogen) atoms. The summed E-state index contributed by atoms with van der Waals surface area (Å²) in [5, 5.41) is 11.5. The van der Waals surface area contributed by atoms with Crippen LogP contribution in [0.25, 0.3) is 0 Å². The van der Waals surface area contributed by atoms with Gasteiger partial charge >= 0.3 is 5.97 Å². The van der Waals surface area contributed by atoms with E-state index in [1.807, 2.05) is 45.0 Å². The predicted molar refractivity (Wildman–Crippen MR) is 154 cm³/mol. The van der Waals surface area contributed by atoms with E-state index < -0.39 is 28.0 Å². The zero-order chi connectivity index (χ0) is 29.6. The number of hydrogen-bond donors (Lipinski definition) is 1. The molecule has 10 heteroatoms. The Morgan fingerprint density at radius 3 is 2.32 bits per heavy atom. The van der Waals surface area contributed by atoms with Crippen molar-refractivity contribution in [3.05, 3.63) is 59.7 Å². The molecule has 2 aliphatic rings. The summed E-state index contributed by atoms with van der Waals surface area (Å²) in [4.78, 5) is 13.4. The Morgan fingerprint density at radius 1 is 1.02 bits per heavy atom. The number of benzene rings is 2. The van der Waals surface area contributed by atoms with Crippen molar-refractivity contribution in [2.75, 3.05) is 33.4 Å². The molecule has 5 atom stereocenters. The molecule has 2 fully saturated rings. The Morgan fingerprint density at radius 2 is 1.68 bits per heavy atom. The van der Waals surface area contributed by atoms with E-state index in [0.29, 0.717) is 31.8 Å². The molecule has 0 amide bonds. The molecule has 2 aromatic carbocycles. The van der Waals surface area contributed by atoms with Gasteiger partial charge in [-0.15, -0.1) is 0 Å². The Bertz CT molecular complexity index is 1230. The van der Waals surface area contributed by atoms with Gasteiger partial charge in [-0.25, -0.2) is 8.42 Å². The predicted octanol–water partition coefficient (Wildman–Crippen LogP) is 3.95. The number of aryl methyl sites for hydroxylation is 1. The third-order valence-corrected chi connectivity index (χ3v) is 9.62. The van der Waals surface area contributed by atoms with E-state index in [1.165, 1.54) is 4.31 Å². The van der Waals surface area contributed by atoms with Crippen molar-refractivity contribution in [1.29, 1.82) is 0 Å². The number of esters is 1. The molecule has 226 valence electrons. The number of ether oxygens (including phenoxy) is 4. The van der Waals surface area contributed by atoms with Crippen molar-refractivity contribution < 1.29 is 37.3 Å². The Labute approximate surface area is 243 Å². The minimum atomic E-state index is -3.87. The van der Waals surface area contributed by atoms with Crippen LogP contribution in [0.15, 0.2) is 53.4 Å². The number of carbonyl (C=O) groups excluding carboxylic acids is 1. The quantitative estimate of drug-likeness (QED) is 0.350. The molecule has 0 radical (unpaired) electrons. The summed E-state index contributed by atoms with van der Waals surface area (Å²) >= 11 is 0. The number of sulfonamides is 1. The van der Waals surface area contributed by atoms with Crippen LogP contribution >= 0.6 is 0 Å². The molecule has 0 aromatic heterocycles. The van der Waals surface area contributed by atoms with E-state index in [-0.39, 0.29) is 48.6 Å². The van der Waals surface area contributed by atoms with E-state index >= 15 is 0 Å². The summed E-state index contributed by atoms with van der Waals surface area (Å²) in [5.74, 6) is -0.266. The van der Waals surface area contributed by atoms with Crippen molar-refractivity contribution in [3.63, 3.8) is 0 Å². The SMILES string of the molecule is COc1ccc(C[C@H](CC(=O)O[C@H]2CCO[C@H]3OCC[C@H]32)[C@H](O)CN(CC(C)C)S(=O)(=O)c2ccc(C)cc2)cc1. The number of aliphatic hydroxyl groups is 1. The van der Waals surface area contributed by atoms with Gasteiger partial charge in [0, 0.05) is 31.3 Å². The summed E-state index contributed by atoms with van der Waals surface area (Å²) in [6, 6.07) is 14.1. The van der Waals surface area contributed by atoms with Crippen molar-refractivity contribution in [1.82, 2.24) is 4.31 Å². The first kappa shape index (κ1) is 31.4. The van der Waals surface area contributed by atoms with Gasteiger partial charge in [0.2, 0.25) is 10.0 Å². The molecule has 0 bridgehead atoms. The lowest BCUT2D eigenvalue weighted by Crippen LogP contribution is -2.43. The van der Waals surface area contributed by atoms with Gasteiger partial charge in [-0.2, -0.15) is 4.31 Å². The molecule has 0 saturated carbocycles. The smallest absolute Gasteiger partial charge is 0.306 e. The molecule has 2 heterocycles. The first-order chi connectivity index (χ1) is 19.6. The molecule has 0 spiro atoms. The maximum atomic E-state index is 13.6. The van der Waals surface area contributed by atoms with Gasteiger partial charge in [0.05, 0.1) is 37.7 Å². The third kappa shape index (κ3) is 8.29. The number of rotatable bonds is 13. The molecular formula is C31H43NO8S. The van der Waals surface area contributed by atoms with Crippen molar-refractivity contribution >= 4 is 16.0 Å². The normalized spacial score (nSPS) is 22.4. The van der Waals surface area contributed by atoms with Crippen LogP contribution in [0.4, 0.5) is 0 Å². The van der Waals surface area contributed by atoms with Crippen LogP contribution in [-0.4, -0.2) is 75.7 Å². The Kier molecular flexibility index (Phi) is 10.8. The molecule has 2 saturated heterocycles. The number of fused-ring (bicyclic) bond motifs is 1. The van der Waals surface area contributed by atoms with Gasteiger partial charge in [-0.1, -0.05) is 43.7 Å². The van der Waals surface area contributed by atoms with Crippen LogP contribution in [0.1, 0.15) is 44.2 Å². The summed E-state index contributed by atoms with van der Waals surface area (Å²) in [7, 11) is -2.28. The van der Waals surface area contributed by atoms with E-state index in [4.69, 9.17) is 18.9 Å². The fraction of sp³-hybridized carbons (Fsp3) is 0.581. The van der Waals surface area contributed by atoms with Crippen LogP contribution < -0.4 is 4.74 Å². The van der Waals surface area contributed by atoms with Crippen LogP contribution in [0.2, 0.25) is 0 Å². The summed E-state index contributed by atoms with van der Waals surface area (Å²) in [6.07, 6.45) is -0.0892. The van der Waals surface area contributed by atoms with Gasteiger partial charge in [0.15, 0.2) is 6.29 Å². The number of nitrogens with zero attached hydrogens (tertiary/aromatic N) is 1. The number of methoxy groups -OCH3 is 1. The van der Waals surface area contributed by atoms with Crippen molar-refractivity contribution in [2.24, 2.45) is 17.8 Å². The number of aliphatic hydroxyl groups excluding tert-OH is 1. The van der Waals surface area contributed by atoms with Crippen LogP contribution in [0.5, 0.6) is 5.75 Å². The second-order valence-corrected chi connectivity index (χ2v) is 13.4. The summed E-state index contributed by atoms with van der Waals surface area (Å²) in [5.41, 5.74) is 1.85. The second-order valence-electron chi connectivity index (χ2n) is 11.5. The van der Waals surface area contributed by atoms with Crippen LogP contribution in [0.3, 0.4) is 0 Å². The fourth-order valence-electron chi connectivity index (χ4n) is 5.51. The minimum absolute atomic E-state index is 0.00107. The van der Waals surface area contributed by atoms with E-state index in [1.54, 1.807) is 31.4 Å². The van der Waals surface area contributed by atoms with E-state index in [2.05, 4.69) is 0 Å². The molecule has 2 aromatic rings. The largest absolute Gasteiger partial charge is 0.497 e. The first-order valence-electron chi connectivity index (χ1n) is 14.4. The topological polar surface area (TPSA) is 112 Å². The number of hydrogen-bond acceptors (Lipinski definition) is 8. The zero-order valence-electron chi connectivity index (χ0n) is 24.4. The molecule has 4 rings (SSSR count). The molecule has 1 N–H and O–H groups in total. The third-order valence-electron chi connectivity index (χ3n) is 7.78. The van der Waals surface area contributed by atoms with Gasteiger partial charge in [0.1, 0.15) is 11.9 Å². The van der Waals surface area contributed by atoms with E-state index in [0.717, 1.165) is 17.5 Å². The molecule has 0 aliphatic carbocycles. The first-order valence-corrected chi connectivity index (χ1v) is 15.8. The van der Waals surface area contributed by atoms with Gasteiger partial charge in [0.25, 0.3) is 0 Å². The average Bonchev–Trinajstić information content (AvgIpc) is 3.43. The molecule has 2 aliphatic heterocycles. The minimum Gasteiger partial charge on any atom is -0.497 e. The Hall–Kier alpha value is -2.50. The van der Waals surface area contributed by atoms with Crippen LogP contribution in [0, 0.1) is 24.7 Å². The zero-order valence-corrected chi connectivity index (χ0v) is 25.2. The Balaban J connectivity index is 1.53. The number of carbonyl (C=O) groups is 1. The lowest BCUT2D eigenvalue weighted by Gasteiger charge is -2.33. The molecule has 0 unspecified atom stereocenters. The van der Waals surface area contributed by atoms with Gasteiger partial charge < -0.3 is 24.1 Å². The summed E-state index contributed by atoms with van der Waals surface area (Å²) < 4.78 is 51.1. The van der Waals surface area contributed by atoms with E-state index in [9.17, 15) is 18.3 Å². The maximum Gasteiger partial charge on any atom is 0.306 e. The molecular weight excluding hydrogens is 546 g/mol. The van der Waals surface area contributed by atoms with Gasteiger partial charge in [-0.3, -0.25) is 4.79 Å². The highest BCUT2D eigenvalue weighted by Crippen LogP contribution is 2.33. The standard InChI is InChI=1S/C31H43NO8S/c1-21(2)19-32(41(35,36)26-11-5-22(3)6-12-26)20-28(33)24(17-23-7-9-25(37-4)10-8-23)18-30(34)40-29-14-16-39-31-27(29)13-15-38-31/h5-12,21,24,27-29,31,33H,13-20H2,1-4H3/t24-,27+,28-,29+,31-/m1/s1. The lowest BCUT2D eigenvalue weighted by atomic mass is 9.90. The highest BCUT2D eigenvalue weighted by Gasteiger charge is 2.41. The van der Waals surface area contributed by atoms with Crippen molar-refractivity contribution in [2.45, 2.75) is 69.8 Å². The fourth-order valence-corrected chi connectivity index (χ4v) is 7.13. The van der Waals surface area contributed by atoms with Crippen molar-refractivity contribution in [3.8, 4) is 5.75 Å².